The first-order valence-electron chi connectivity index (χ1n) is 6.92. The number of rotatable bonds is 5. The Bertz CT molecular complexity index is 702. The summed E-state index contributed by atoms with van der Waals surface area (Å²) in [6, 6.07) is 4.60. The van der Waals surface area contributed by atoms with Gasteiger partial charge in [0, 0.05) is 18.0 Å². The molecule has 0 saturated carbocycles. The standard InChI is InChI=1S/C16H18FN3O3/c1-16(2,14(21)22-3)9-23-15-19-7-11(8-20-15)10-4-5-13(18)12(17)6-10/h4-8H,9,18H2,1-3H3. The van der Waals surface area contributed by atoms with E-state index >= 15 is 0 Å². The van der Waals surface area contributed by atoms with Gasteiger partial charge in [-0.1, -0.05) is 6.07 Å². The molecule has 0 radical (unpaired) electrons. The van der Waals surface area contributed by atoms with Crippen molar-refractivity contribution in [2.75, 3.05) is 19.5 Å². The van der Waals surface area contributed by atoms with Crippen LogP contribution in [0.2, 0.25) is 0 Å². The fourth-order valence-corrected chi connectivity index (χ4v) is 1.83. The van der Waals surface area contributed by atoms with Crippen LogP contribution in [0.25, 0.3) is 11.1 Å². The molecule has 0 bridgehead atoms. The summed E-state index contributed by atoms with van der Waals surface area (Å²) in [4.78, 5) is 19.7. The number of nitrogen functional groups attached to an aromatic ring is 1. The number of hydrogen-bond acceptors (Lipinski definition) is 6. The molecule has 23 heavy (non-hydrogen) atoms. The van der Waals surface area contributed by atoms with Gasteiger partial charge in [-0.15, -0.1) is 0 Å². The van der Waals surface area contributed by atoms with Crippen molar-refractivity contribution in [1.29, 1.82) is 0 Å². The second kappa shape index (κ2) is 6.60. The molecule has 0 unspecified atom stereocenters. The van der Waals surface area contributed by atoms with E-state index in [1.807, 2.05) is 0 Å². The van der Waals surface area contributed by atoms with Crippen LogP contribution in [0.3, 0.4) is 0 Å². The fourth-order valence-electron chi connectivity index (χ4n) is 1.83. The Morgan fingerprint density at radius 3 is 2.48 bits per heavy atom. The number of esters is 1. The second-order valence-corrected chi connectivity index (χ2v) is 5.65. The number of halogens is 1. The molecule has 0 fully saturated rings. The number of ether oxygens (including phenoxy) is 2. The van der Waals surface area contributed by atoms with Crippen molar-refractivity contribution in [3.63, 3.8) is 0 Å². The third kappa shape index (κ3) is 3.94. The highest BCUT2D eigenvalue weighted by atomic mass is 19.1. The first-order valence-corrected chi connectivity index (χ1v) is 6.92. The molecule has 0 aliphatic heterocycles. The van der Waals surface area contributed by atoms with Crippen molar-refractivity contribution >= 4 is 11.7 Å². The average Bonchev–Trinajstić information content (AvgIpc) is 2.55. The molecule has 0 atom stereocenters. The highest BCUT2D eigenvalue weighted by Gasteiger charge is 2.30. The summed E-state index contributed by atoms with van der Waals surface area (Å²) in [5, 5.41) is 0. The molecule has 0 aliphatic carbocycles. The number of carbonyl (C=O) groups excluding carboxylic acids is 1. The molecular weight excluding hydrogens is 301 g/mol. The van der Waals surface area contributed by atoms with Gasteiger partial charge in [-0.2, -0.15) is 0 Å². The number of hydrogen-bond donors (Lipinski definition) is 1. The van der Waals surface area contributed by atoms with E-state index in [2.05, 4.69) is 9.97 Å². The summed E-state index contributed by atoms with van der Waals surface area (Å²) in [7, 11) is 1.32. The van der Waals surface area contributed by atoms with Crippen molar-refractivity contribution in [2.24, 2.45) is 5.41 Å². The topological polar surface area (TPSA) is 87.3 Å². The number of nitrogens with two attached hydrogens (primary N) is 1. The summed E-state index contributed by atoms with van der Waals surface area (Å²) in [6.07, 6.45) is 3.02. The zero-order chi connectivity index (χ0) is 17.0. The summed E-state index contributed by atoms with van der Waals surface area (Å²) in [5.74, 6) is -0.880. The maximum absolute atomic E-state index is 13.5. The van der Waals surface area contributed by atoms with Crippen molar-refractivity contribution < 1.29 is 18.7 Å². The van der Waals surface area contributed by atoms with Gasteiger partial charge in [0.15, 0.2) is 0 Å². The molecule has 0 saturated heterocycles. The first kappa shape index (κ1) is 16.7. The molecule has 122 valence electrons. The van der Waals surface area contributed by atoms with Gasteiger partial charge in [0.25, 0.3) is 0 Å². The van der Waals surface area contributed by atoms with Gasteiger partial charge < -0.3 is 15.2 Å². The predicted octanol–water partition coefficient (Wildman–Crippen LogP) is 2.44. The number of benzene rings is 1. The number of methoxy groups -OCH3 is 1. The van der Waals surface area contributed by atoms with Crippen molar-refractivity contribution in [1.82, 2.24) is 9.97 Å². The van der Waals surface area contributed by atoms with E-state index in [1.165, 1.54) is 31.6 Å². The largest absolute Gasteiger partial charge is 0.469 e. The maximum Gasteiger partial charge on any atom is 0.316 e. The van der Waals surface area contributed by atoms with Gasteiger partial charge in [-0.25, -0.2) is 14.4 Å². The van der Waals surface area contributed by atoms with Gasteiger partial charge in [-0.05, 0) is 31.5 Å². The first-order chi connectivity index (χ1) is 10.8. The SMILES string of the molecule is COC(=O)C(C)(C)COc1ncc(-c2ccc(N)c(F)c2)cn1. The normalized spacial score (nSPS) is 11.1. The zero-order valence-electron chi connectivity index (χ0n) is 13.2. The Hall–Kier alpha value is -2.70. The third-order valence-electron chi connectivity index (χ3n) is 3.26. The number of aromatic nitrogens is 2. The van der Waals surface area contributed by atoms with E-state index in [0.717, 1.165) is 0 Å². The van der Waals surface area contributed by atoms with E-state index in [0.29, 0.717) is 11.1 Å². The molecule has 2 N–H and O–H groups in total. The molecule has 6 nitrogen and oxygen atoms in total. The smallest absolute Gasteiger partial charge is 0.316 e. The van der Waals surface area contributed by atoms with Gasteiger partial charge in [0.05, 0.1) is 18.2 Å². The average molecular weight is 319 g/mol. The van der Waals surface area contributed by atoms with Crippen molar-refractivity contribution in [3.05, 3.63) is 36.4 Å². The molecule has 0 spiro atoms. The van der Waals surface area contributed by atoms with Crippen LogP contribution in [0.1, 0.15) is 13.8 Å². The quantitative estimate of drug-likeness (QED) is 0.673. The number of carbonyl (C=O) groups is 1. The maximum atomic E-state index is 13.5. The lowest BCUT2D eigenvalue weighted by Gasteiger charge is -2.20. The Labute approximate surface area is 133 Å². The minimum Gasteiger partial charge on any atom is -0.469 e. The fraction of sp³-hybridized carbons (Fsp3) is 0.312. The van der Waals surface area contributed by atoms with Crippen LogP contribution < -0.4 is 10.5 Å². The lowest BCUT2D eigenvalue weighted by molar-refractivity contribution is -0.152. The van der Waals surface area contributed by atoms with E-state index < -0.39 is 11.2 Å². The number of nitrogens with zero attached hydrogens (tertiary/aromatic N) is 2. The molecular formula is C16H18FN3O3. The lowest BCUT2D eigenvalue weighted by atomic mass is 9.95. The van der Waals surface area contributed by atoms with E-state index in [1.54, 1.807) is 19.9 Å². The van der Waals surface area contributed by atoms with Gasteiger partial charge in [0.1, 0.15) is 12.4 Å². The van der Waals surface area contributed by atoms with Crippen LogP contribution in [-0.2, 0) is 9.53 Å². The zero-order valence-corrected chi connectivity index (χ0v) is 13.2. The molecule has 1 heterocycles. The summed E-state index contributed by atoms with van der Waals surface area (Å²) < 4.78 is 23.6. The lowest BCUT2D eigenvalue weighted by Crippen LogP contribution is -2.32. The van der Waals surface area contributed by atoms with Gasteiger partial charge >= 0.3 is 12.0 Å². The third-order valence-corrected chi connectivity index (χ3v) is 3.26. The Morgan fingerprint density at radius 1 is 1.26 bits per heavy atom. The van der Waals surface area contributed by atoms with Gasteiger partial charge in [0.2, 0.25) is 0 Å². The highest BCUT2D eigenvalue weighted by Crippen LogP contribution is 2.23. The van der Waals surface area contributed by atoms with Crippen molar-refractivity contribution in [3.8, 4) is 17.1 Å². The van der Waals surface area contributed by atoms with E-state index in [4.69, 9.17) is 15.2 Å². The summed E-state index contributed by atoms with van der Waals surface area (Å²) in [6.45, 7) is 3.48. The van der Waals surface area contributed by atoms with Gasteiger partial charge in [-0.3, -0.25) is 4.79 Å². The molecule has 7 heteroatoms. The summed E-state index contributed by atoms with van der Waals surface area (Å²) >= 11 is 0. The molecule has 1 aromatic carbocycles. The van der Waals surface area contributed by atoms with Crippen LogP contribution in [-0.4, -0.2) is 29.7 Å². The number of anilines is 1. The molecule has 2 rings (SSSR count). The Balaban J connectivity index is 2.08. The monoisotopic (exact) mass is 319 g/mol. The highest BCUT2D eigenvalue weighted by molar-refractivity contribution is 5.75. The minimum absolute atomic E-state index is 0.0789. The van der Waals surface area contributed by atoms with Crippen LogP contribution >= 0.6 is 0 Å². The van der Waals surface area contributed by atoms with Crippen LogP contribution in [0.15, 0.2) is 30.6 Å². The molecule has 0 aliphatic rings. The van der Waals surface area contributed by atoms with Crippen LogP contribution in [0.4, 0.5) is 10.1 Å². The van der Waals surface area contributed by atoms with Crippen LogP contribution in [0.5, 0.6) is 6.01 Å². The second-order valence-electron chi connectivity index (χ2n) is 5.65. The predicted molar refractivity (Wildman–Crippen MR) is 83.1 cm³/mol. The van der Waals surface area contributed by atoms with Crippen molar-refractivity contribution in [2.45, 2.75) is 13.8 Å². The van der Waals surface area contributed by atoms with E-state index in [-0.39, 0.29) is 24.3 Å². The summed E-state index contributed by atoms with van der Waals surface area (Å²) in [5.41, 5.74) is 5.95. The Kier molecular flexibility index (Phi) is 4.78. The molecule has 0 amide bonds. The molecule has 2 aromatic rings. The minimum atomic E-state index is -0.809. The molecule has 1 aromatic heterocycles. The van der Waals surface area contributed by atoms with E-state index in [9.17, 15) is 9.18 Å². The Morgan fingerprint density at radius 2 is 1.91 bits per heavy atom. The van der Waals surface area contributed by atoms with Crippen LogP contribution in [0, 0.1) is 11.2 Å².